The van der Waals surface area contributed by atoms with Crippen LogP contribution in [-0.4, -0.2) is 33.6 Å². The number of benzene rings is 2. The van der Waals surface area contributed by atoms with E-state index in [1.54, 1.807) is 35.0 Å². The molecule has 0 unspecified atom stereocenters. The summed E-state index contributed by atoms with van der Waals surface area (Å²) in [7, 11) is 0. The molecule has 7 nitrogen and oxygen atoms in total. The molecule has 3 heterocycles. The molecule has 0 atom stereocenters. The van der Waals surface area contributed by atoms with Crippen molar-refractivity contribution in [2.24, 2.45) is 0 Å². The number of aromatic nitrogens is 2. The number of nitrogens with one attached hydrogen (secondary N) is 1. The smallest absolute Gasteiger partial charge is 0.326 e. The van der Waals surface area contributed by atoms with Gasteiger partial charge in [0.25, 0.3) is 0 Å². The van der Waals surface area contributed by atoms with Crippen LogP contribution < -0.4 is 5.32 Å². The van der Waals surface area contributed by atoms with Crippen molar-refractivity contribution in [1.82, 2.24) is 19.8 Å². The summed E-state index contributed by atoms with van der Waals surface area (Å²) >= 11 is 5.96. The van der Waals surface area contributed by atoms with Crippen molar-refractivity contribution in [3.05, 3.63) is 105 Å². The molecule has 1 amide bonds. The lowest BCUT2D eigenvalue weighted by molar-refractivity contribution is 0.240. The summed E-state index contributed by atoms with van der Waals surface area (Å²) in [5.74, 6) is -0.607. The number of hydrogen-bond acceptors (Lipinski definition) is 5. The first-order chi connectivity index (χ1) is 18.5. The maximum Gasteiger partial charge on any atom is 0.326 e. The summed E-state index contributed by atoms with van der Waals surface area (Å²) in [4.78, 5) is 19.5. The Labute approximate surface area is 224 Å². The fraction of sp³-hybridized carbons (Fsp3) is 0.172. The molecule has 0 aliphatic carbocycles. The molecule has 2 aromatic heterocycles. The Morgan fingerprint density at radius 3 is 2.71 bits per heavy atom. The number of hydrogen-bond donors (Lipinski definition) is 1. The van der Waals surface area contributed by atoms with E-state index in [0.29, 0.717) is 47.7 Å². The standard InChI is InChI=1S/C29H22ClFN6O/c30-28-12-21(7-9-34-28)17-35-29(38)37-26-8-11-36(10-1-2-19-3-5-20(15-32)6-4-19)18-24(26)23-14-25(31)22(16-33)13-27(23)37/h1-7,9,12-14H,8,10-11,17-18H2,(H,35,38)/b2-1+. The highest BCUT2D eigenvalue weighted by molar-refractivity contribution is 6.29. The van der Waals surface area contributed by atoms with Crippen molar-refractivity contribution < 1.29 is 9.18 Å². The number of pyridine rings is 1. The second-order valence-electron chi connectivity index (χ2n) is 8.99. The molecule has 0 saturated carbocycles. The van der Waals surface area contributed by atoms with Crippen LogP contribution in [0, 0.1) is 28.5 Å². The lowest BCUT2D eigenvalue weighted by atomic mass is 10.0. The van der Waals surface area contributed by atoms with Gasteiger partial charge in [-0.25, -0.2) is 14.2 Å². The van der Waals surface area contributed by atoms with Gasteiger partial charge in [-0.1, -0.05) is 35.9 Å². The van der Waals surface area contributed by atoms with E-state index in [9.17, 15) is 14.4 Å². The van der Waals surface area contributed by atoms with Gasteiger partial charge < -0.3 is 5.32 Å². The number of amides is 1. The van der Waals surface area contributed by atoms with Gasteiger partial charge >= 0.3 is 6.03 Å². The van der Waals surface area contributed by atoms with Crippen molar-refractivity contribution in [2.75, 3.05) is 13.1 Å². The molecular weight excluding hydrogens is 503 g/mol. The molecule has 1 N–H and O–H groups in total. The Bertz CT molecular complexity index is 1650. The van der Waals surface area contributed by atoms with E-state index in [-0.39, 0.29) is 18.1 Å². The van der Waals surface area contributed by atoms with E-state index in [1.807, 2.05) is 30.4 Å². The summed E-state index contributed by atoms with van der Waals surface area (Å²) in [5.41, 5.74) is 4.50. The molecule has 4 aromatic rings. The normalized spacial score (nSPS) is 13.3. The van der Waals surface area contributed by atoms with Gasteiger partial charge in [0.15, 0.2) is 0 Å². The van der Waals surface area contributed by atoms with Crippen LogP contribution in [0.3, 0.4) is 0 Å². The third-order valence-electron chi connectivity index (χ3n) is 6.59. The van der Waals surface area contributed by atoms with Crippen LogP contribution in [0.5, 0.6) is 0 Å². The number of carbonyl (C=O) groups is 1. The quantitative estimate of drug-likeness (QED) is 0.352. The Morgan fingerprint density at radius 2 is 1.97 bits per heavy atom. The summed E-state index contributed by atoms with van der Waals surface area (Å²) in [5, 5.41) is 22.2. The maximum atomic E-state index is 14.7. The van der Waals surface area contributed by atoms with Gasteiger partial charge in [-0.2, -0.15) is 10.5 Å². The maximum absolute atomic E-state index is 14.7. The van der Waals surface area contributed by atoms with Crippen LogP contribution in [0.4, 0.5) is 9.18 Å². The molecule has 5 rings (SSSR count). The predicted molar refractivity (Wildman–Crippen MR) is 143 cm³/mol. The molecule has 1 aliphatic heterocycles. The summed E-state index contributed by atoms with van der Waals surface area (Å²) in [6.45, 7) is 2.16. The summed E-state index contributed by atoms with van der Waals surface area (Å²) < 4.78 is 16.2. The average molecular weight is 525 g/mol. The first-order valence-electron chi connectivity index (χ1n) is 12.0. The fourth-order valence-corrected chi connectivity index (χ4v) is 4.92. The van der Waals surface area contributed by atoms with Crippen LogP contribution in [0.2, 0.25) is 5.15 Å². The van der Waals surface area contributed by atoms with E-state index in [2.05, 4.69) is 21.3 Å². The van der Waals surface area contributed by atoms with Gasteiger partial charge in [0.05, 0.1) is 22.7 Å². The van der Waals surface area contributed by atoms with Crippen molar-refractivity contribution >= 4 is 34.6 Å². The third-order valence-corrected chi connectivity index (χ3v) is 6.79. The first kappa shape index (κ1) is 25.2. The Hall–Kier alpha value is -4.50. The molecule has 0 bridgehead atoms. The van der Waals surface area contributed by atoms with E-state index in [1.165, 1.54) is 12.1 Å². The molecule has 0 fully saturated rings. The third kappa shape index (κ3) is 5.14. The highest BCUT2D eigenvalue weighted by Gasteiger charge is 2.27. The van der Waals surface area contributed by atoms with E-state index in [4.69, 9.17) is 16.9 Å². The van der Waals surface area contributed by atoms with Gasteiger partial charge in [0, 0.05) is 49.9 Å². The van der Waals surface area contributed by atoms with Gasteiger partial charge in [-0.15, -0.1) is 0 Å². The second kappa shape index (κ2) is 10.9. The number of nitrogens with zero attached hydrogens (tertiary/aromatic N) is 5. The molecule has 1 aliphatic rings. The van der Waals surface area contributed by atoms with Crippen LogP contribution in [0.1, 0.15) is 33.5 Å². The minimum absolute atomic E-state index is 0.107. The van der Waals surface area contributed by atoms with E-state index < -0.39 is 5.82 Å². The molecule has 188 valence electrons. The zero-order chi connectivity index (χ0) is 26.6. The predicted octanol–water partition coefficient (Wildman–Crippen LogP) is 5.40. The largest absolute Gasteiger partial charge is 0.333 e. The number of halogens is 2. The number of fused-ring (bicyclic) bond motifs is 3. The van der Waals surface area contributed by atoms with Crippen LogP contribution in [0.25, 0.3) is 17.0 Å². The molecule has 0 saturated heterocycles. The van der Waals surface area contributed by atoms with Gasteiger partial charge in [0.1, 0.15) is 17.0 Å². The number of rotatable bonds is 5. The minimum Gasteiger partial charge on any atom is -0.333 e. The molecule has 0 radical (unpaired) electrons. The lowest BCUT2D eigenvalue weighted by Crippen LogP contribution is -2.34. The number of carbonyl (C=O) groups excluding carboxylic acids is 1. The summed E-state index contributed by atoms with van der Waals surface area (Å²) in [6, 6.07) is 17.2. The van der Waals surface area contributed by atoms with E-state index >= 15 is 0 Å². The monoisotopic (exact) mass is 524 g/mol. The van der Waals surface area contributed by atoms with Crippen molar-refractivity contribution in [3.8, 4) is 12.1 Å². The van der Waals surface area contributed by atoms with Gasteiger partial charge in [0.2, 0.25) is 0 Å². The fourth-order valence-electron chi connectivity index (χ4n) is 4.72. The van der Waals surface area contributed by atoms with Crippen LogP contribution in [0.15, 0.2) is 60.8 Å². The second-order valence-corrected chi connectivity index (χ2v) is 9.38. The molecule has 9 heteroatoms. The van der Waals surface area contributed by atoms with E-state index in [0.717, 1.165) is 22.4 Å². The Morgan fingerprint density at radius 1 is 1.16 bits per heavy atom. The van der Waals surface area contributed by atoms with Crippen molar-refractivity contribution in [1.29, 1.82) is 10.5 Å². The van der Waals surface area contributed by atoms with Crippen LogP contribution >= 0.6 is 11.6 Å². The Kier molecular flexibility index (Phi) is 7.19. The Balaban J connectivity index is 1.41. The first-order valence-corrected chi connectivity index (χ1v) is 12.4. The SMILES string of the molecule is N#Cc1ccc(/C=C/CN2CCc3c(c4cc(F)c(C#N)cc4n3C(=O)NCc3ccnc(Cl)c3)C2)cc1. The van der Waals surface area contributed by atoms with Crippen molar-refractivity contribution in [2.45, 2.75) is 19.5 Å². The molecule has 2 aromatic carbocycles. The average Bonchev–Trinajstić information content (AvgIpc) is 3.24. The summed E-state index contributed by atoms with van der Waals surface area (Å²) in [6.07, 6.45) is 6.21. The van der Waals surface area contributed by atoms with Crippen molar-refractivity contribution in [3.63, 3.8) is 0 Å². The lowest BCUT2D eigenvalue weighted by Gasteiger charge is -2.27. The zero-order valence-electron chi connectivity index (χ0n) is 20.3. The zero-order valence-corrected chi connectivity index (χ0v) is 21.0. The topological polar surface area (TPSA) is 97.7 Å². The molecule has 0 spiro atoms. The number of nitriles is 2. The van der Waals surface area contributed by atoms with Gasteiger partial charge in [-0.3, -0.25) is 9.47 Å². The van der Waals surface area contributed by atoms with Crippen LogP contribution in [-0.2, 0) is 19.5 Å². The minimum atomic E-state index is -0.607. The van der Waals surface area contributed by atoms with Gasteiger partial charge in [-0.05, 0) is 53.1 Å². The highest BCUT2D eigenvalue weighted by Crippen LogP contribution is 2.32. The highest BCUT2D eigenvalue weighted by atomic mass is 35.5. The molecule has 38 heavy (non-hydrogen) atoms. The molecular formula is C29H22ClFN6O.